The number of amides is 1. The quantitative estimate of drug-likeness (QED) is 0.366. The lowest BCUT2D eigenvalue weighted by Crippen LogP contribution is -2.44. The molecule has 1 saturated carbocycles. The van der Waals surface area contributed by atoms with Gasteiger partial charge in [0.25, 0.3) is 5.91 Å². The molecule has 2 aromatic carbocycles. The Balaban J connectivity index is 1.24. The molecule has 33 heavy (non-hydrogen) atoms. The van der Waals surface area contributed by atoms with E-state index in [2.05, 4.69) is 15.6 Å². The van der Waals surface area contributed by atoms with Gasteiger partial charge in [0.15, 0.2) is 10.7 Å². The summed E-state index contributed by atoms with van der Waals surface area (Å²) < 4.78 is 1.83. The molecule has 0 saturated heterocycles. The van der Waals surface area contributed by atoms with E-state index in [1.807, 2.05) is 77.5 Å². The van der Waals surface area contributed by atoms with Gasteiger partial charge in [-0.3, -0.25) is 14.0 Å². The molecule has 5 rings (SSSR count). The Kier molecular flexibility index (Phi) is 6.07. The summed E-state index contributed by atoms with van der Waals surface area (Å²) >= 11 is 1.51. The van der Waals surface area contributed by atoms with E-state index in [9.17, 15) is 9.59 Å². The van der Waals surface area contributed by atoms with E-state index >= 15 is 0 Å². The first-order valence-electron chi connectivity index (χ1n) is 11.2. The van der Waals surface area contributed by atoms with E-state index in [-0.39, 0.29) is 24.3 Å². The molecule has 4 aromatic rings. The van der Waals surface area contributed by atoms with Gasteiger partial charge in [0.2, 0.25) is 0 Å². The number of Topliss-reactive ketones (excluding diaryl/α,β-unsaturated/α-hetero) is 1. The van der Waals surface area contributed by atoms with Crippen molar-refractivity contribution in [1.29, 1.82) is 0 Å². The molecular weight excluding hydrogens is 432 g/mol. The number of aryl methyl sites for hydroxylation is 1. The Morgan fingerprint density at radius 3 is 2.67 bits per heavy atom. The maximum atomic E-state index is 13.1. The minimum Gasteiger partial charge on any atom is -0.349 e. The van der Waals surface area contributed by atoms with Crippen LogP contribution >= 0.6 is 11.3 Å². The summed E-state index contributed by atoms with van der Waals surface area (Å²) in [5.74, 6) is 0.403. The largest absolute Gasteiger partial charge is 0.349 e. The van der Waals surface area contributed by atoms with Crippen molar-refractivity contribution in [3.05, 3.63) is 83.1 Å². The number of imidazole rings is 1. The van der Waals surface area contributed by atoms with Gasteiger partial charge in [0.1, 0.15) is 5.69 Å². The molecular formula is C26H26N4O2S. The van der Waals surface area contributed by atoms with E-state index in [1.165, 1.54) is 11.3 Å². The highest BCUT2D eigenvalue weighted by Crippen LogP contribution is 2.32. The van der Waals surface area contributed by atoms with Crippen LogP contribution in [-0.2, 0) is 0 Å². The summed E-state index contributed by atoms with van der Waals surface area (Å²) in [6.45, 7) is 2.57. The van der Waals surface area contributed by atoms with Crippen molar-refractivity contribution >= 4 is 28.0 Å². The van der Waals surface area contributed by atoms with E-state index in [4.69, 9.17) is 0 Å². The summed E-state index contributed by atoms with van der Waals surface area (Å²) in [6, 6.07) is 17.8. The van der Waals surface area contributed by atoms with Crippen molar-refractivity contribution in [1.82, 2.24) is 20.0 Å². The second-order valence-electron chi connectivity index (χ2n) is 8.47. The topological polar surface area (TPSA) is 75.5 Å². The predicted octanol–water partition coefficient (Wildman–Crippen LogP) is 4.35. The van der Waals surface area contributed by atoms with Gasteiger partial charge in [0, 0.05) is 29.7 Å². The zero-order valence-corrected chi connectivity index (χ0v) is 19.3. The van der Waals surface area contributed by atoms with Gasteiger partial charge in [-0.05, 0) is 36.8 Å². The Morgan fingerprint density at radius 2 is 1.88 bits per heavy atom. The number of rotatable bonds is 9. The molecule has 6 nitrogen and oxygen atoms in total. The summed E-state index contributed by atoms with van der Waals surface area (Å²) in [4.78, 5) is 31.3. The van der Waals surface area contributed by atoms with Gasteiger partial charge >= 0.3 is 0 Å². The average Bonchev–Trinajstić information content (AvgIpc) is 3.50. The van der Waals surface area contributed by atoms with Crippen LogP contribution in [0.15, 0.2) is 66.2 Å². The lowest BCUT2D eigenvalue weighted by Gasteiger charge is -2.19. The standard InChI is InChI=1S/C26H26N4O2S/c1-17-24(30-13-14-33-26(30)29-17)25(32)28-15-22(19-11-12-19)27-16-23(31)21-10-6-5-9-20(21)18-7-3-2-4-8-18/h2-10,13-14,19,22,27H,11-12,15-16H2,1H3,(H,28,32). The maximum absolute atomic E-state index is 13.1. The molecule has 0 spiro atoms. The third kappa shape index (κ3) is 4.60. The van der Waals surface area contributed by atoms with Gasteiger partial charge in [-0.1, -0.05) is 54.6 Å². The summed E-state index contributed by atoms with van der Waals surface area (Å²) in [6.07, 6.45) is 4.10. The zero-order valence-electron chi connectivity index (χ0n) is 18.5. The van der Waals surface area contributed by atoms with Crippen molar-refractivity contribution in [2.45, 2.75) is 25.8 Å². The van der Waals surface area contributed by atoms with E-state index in [0.29, 0.717) is 23.7 Å². The molecule has 168 valence electrons. The molecule has 1 fully saturated rings. The fourth-order valence-electron chi connectivity index (χ4n) is 4.27. The van der Waals surface area contributed by atoms with Crippen molar-refractivity contribution in [2.24, 2.45) is 5.92 Å². The molecule has 7 heteroatoms. The molecule has 1 aliphatic carbocycles. The van der Waals surface area contributed by atoms with Crippen LogP contribution in [0.5, 0.6) is 0 Å². The van der Waals surface area contributed by atoms with Crippen LogP contribution in [0.4, 0.5) is 0 Å². The molecule has 0 aliphatic heterocycles. The number of nitrogens with zero attached hydrogens (tertiary/aromatic N) is 2. The Morgan fingerprint density at radius 1 is 1.12 bits per heavy atom. The van der Waals surface area contributed by atoms with Crippen LogP contribution in [0.25, 0.3) is 16.1 Å². The van der Waals surface area contributed by atoms with Crippen LogP contribution in [0.1, 0.15) is 39.4 Å². The Hall–Kier alpha value is -3.29. The third-order valence-corrected chi connectivity index (χ3v) is 6.92. The van der Waals surface area contributed by atoms with Crippen LogP contribution < -0.4 is 10.6 Å². The Labute approximate surface area is 196 Å². The average molecular weight is 459 g/mol. The van der Waals surface area contributed by atoms with Crippen LogP contribution in [0.3, 0.4) is 0 Å². The first-order chi connectivity index (χ1) is 16.1. The third-order valence-electron chi connectivity index (χ3n) is 6.16. The lowest BCUT2D eigenvalue weighted by atomic mass is 9.97. The number of hydrogen-bond acceptors (Lipinski definition) is 5. The molecule has 2 N–H and O–H groups in total. The molecule has 0 bridgehead atoms. The number of fused-ring (bicyclic) bond motifs is 1. The zero-order chi connectivity index (χ0) is 22.8. The number of ketones is 1. The summed E-state index contributed by atoms with van der Waals surface area (Å²) in [5, 5.41) is 8.41. The molecule has 2 aromatic heterocycles. The molecule has 1 atom stereocenters. The molecule has 1 aliphatic rings. The maximum Gasteiger partial charge on any atom is 0.270 e. The van der Waals surface area contributed by atoms with Crippen molar-refractivity contribution in [3.63, 3.8) is 0 Å². The van der Waals surface area contributed by atoms with Gasteiger partial charge < -0.3 is 10.6 Å². The lowest BCUT2D eigenvalue weighted by molar-refractivity contribution is 0.0941. The van der Waals surface area contributed by atoms with E-state index in [0.717, 1.165) is 34.6 Å². The monoisotopic (exact) mass is 458 g/mol. The summed E-state index contributed by atoms with van der Waals surface area (Å²) in [5.41, 5.74) is 3.99. The normalized spacial score (nSPS) is 14.3. The Bertz CT molecular complexity index is 1290. The van der Waals surface area contributed by atoms with Crippen LogP contribution in [0.2, 0.25) is 0 Å². The van der Waals surface area contributed by atoms with Gasteiger partial charge in [-0.25, -0.2) is 4.98 Å². The van der Waals surface area contributed by atoms with E-state index < -0.39 is 0 Å². The number of thiazole rings is 1. The van der Waals surface area contributed by atoms with Crippen molar-refractivity contribution in [2.75, 3.05) is 13.1 Å². The molecule has 1 unspecified atom stereocenters. The second-order valence-corrected chi connectivity index (χ2v) is 9.34. The first kappa shape index (κ1) is 21.6. The predicted molar refractivity (Wildman–Crippen MR) is 131 cm³/mol. The SMILES string of the molecule is Cc1nc2sccn2c1C(=O)NCC(NCC(=O)c1ccccc1-c1ccccc1)C1CC1. The molecule has 0 radical (unpaired) electrons. The molecule has 2 heterocycles. The fourth-order valence-corrected chi connectivity index (χ4v) is 5.03. The minimum absolute atomic E-state index is 0.0537. The van der Waals surface area contributed by atoms with Crippen molar-refractivity contribution in [3.8, 4) is 11.1 Å². The minimum atomic E-state index is -0.133. The number of benzene rings is 2. The van der Waals surface area contributed by atoms with Crippen LogP contribution in [0, 0.1) is 12.8 Å². The number of nitrogens with one attached hydrogen (secondary N) is 2. The highest BCUT2D eigenvalue weighted by molar-refractivity contribution is 7.15. The highest BCUT2D eigenvalue weighted by atomic mass is 32.1. The smallest absolute Gasteiger partial charge is 0.270 e. The fraction of sp³-hybridized carbons (Fsp3) is 0.269. The van der Waals surface area contributed by atoms with Crippen LogP contribution in [-0.4, -0.2) is 40.2 Å². The van der Waals surface area contributed by atoms with Gasteiger partial charge in [-0.15, -0.1) is 11.3 Å². The van der Waals surface area contributed by atoms with Gasteiger partial charge in [-0.2, -0.15) is 0 Å². The molecule has 1 amide bonds. The van der Waals surface area contributed by atoms with Gasteiger partial charge in [0.05, 0.1) is 12.2 Å². The van der Waals surface area contributed by atoms with Crippen molar-refractivity contribution < 1.29 is 9.59 Å². The second kappa shape index (κ2) is 9.29. The number of hydrogen-bond donors (Lipinski definition) is 2. The number of carbonyl (C=O) groups is 2. The highest BCUT2D eigenvalue weighted by Gasteiger charge is 2.32. The van der Waals surface area contributed by atoms with E-state index in [1.54, 1.807) is 0 Å². The number of carbonyl (C=O) groups excluding carboxylic acids is 2. The summed E-state index contributed by atoms with van der Waals surface area (Å²) in [7, 11) is 0. The first-order valence-corrected chi connectivity index (χ1v) is 12.1. The number of aromatic nitrogens is 2.